The second-order valence-electron chi connectivity index (χ2n) is 11.0. The smallest absolute Gasteiger partial charge is 0.174 e. The van der Waals surface area contributed by atoms with Crippen LogP contribution in [0.5, 0.6) is 0 Å². The maximum atomic E-state index is 8.94. The summed E-state index contributed by atoms with van der Waals surface area (Å²) in [6.45, 7) is 13.7. The van der Waals surface area contributed by atoms with Gasteiger partial charge in [-0.1, -0.05) is 45.0 Å². The topological polar surface area (TPSA) is 132 Å². The third-order valence-electron chi connectivity index (χ3n) is 7.14. The lowest BCUT2D eigenvalue weighted by Gasteiger charge is -2.35. The number of nitrogens with two attached hydrogens (primary N) is 1. The molecule has 5 rings (SSSR count). The fraction of sp³-hybridized carbons (Fsp3) is 0.333. The zero-order chi connectivity index (χ0) is 28.3. The van der Waals surface area contributed by atoms with Gasteiger partial charge in [-0.2, -0.15) is 0 Å². The van der Waals surface area contributed by atoms with Crippen molar-refractivity contribution in [2.24, 2.45) is 0 Å². The molecular weight excluding hydrogens is 502 g/mol. The largest absolute Gasteiger partial charge is 0.383 e. The van der Waals surface area contributed by atoms with Crippen molar-refractivity contribution < 1.29 is 4.52 Å². The van der Waals surface area contributed by atoms with Crippen molar-refractivity contribution in [3.8, 4) is 0 Å². The summed E-state index contributed by atoms with van der Waals surface area (Å²) in [4.78, 5) is 13.4. The summed E-state index contributed by atoms with van der Waals surface area (Å²) in [6, 6.07) is 17.7. The van der Waals surface area contributed by atoms with E-state index in [2.05, 4.69) is 75.4 Å². The van der Waals surface area contributed by atoms with Crippen LogP contribution in [0.25, 0.3) is 0 Å². The number of nitrogens with one attached hydrogen (secondary N) is 3. The molecule has 0 amide bonds. The molecule has 0 bridgehead atoms. The van der Waals surface area contributed by atoms with Gasteiger partial charge in [-0.3, -0.25) is 5.41 Å². The van der Waals surface area contributed by atoms with Crippen molar-refractivity contribution >= 4 is 40.2 Å². The number of rotatable bonds is 8. The highest BCUT2D eigenvalue weighted by atomic mass is 16.5. The summed E-state index contributed by atoms with van der Waals surface area (Å²) >= 11 is 0. The van der Waals surface area contributed by atoms with Gasteiger partial charge in [-0.05, 0) is 42.9 Å². The predicted octanol–water partition coefficient (Wildman–Crippen LogP) is 5.39. The lowest BCUT2D eigenvalue weighted by Crippen LogP contribution is -2.46. The minimum atomic E-state index is -0.113. The van der Waals surface area contributed by atoms with E-state index in [1.54, 1.807) is 0 Å². The number of piperazine rings is 1. The van der Waals surface area contributed by atoms with Crippen LogP contribution in [-0.2, 0) is 5.41 Å². The van der Waals surface area contributed by atoms with Crippen molar-refractivity contribution in [1.29, 1.82) is 5.41 Å². The number of anilines is 6. The third kappa shape index (κ3) is 6.07. The Morgan fingerprint density at radius 2 is 1.60 bits per heavy atom. The molecule has 1 fully saturated rings. The Hall–Kier alpha value is -4.44. The van der Waals surface area contributed by atoms with Crippen LogP contribution in [0.3, 0.4) is 0 Å². The Kier molecular flexibility index (Phi) is 7.70. The van der Waals surface area contributed by atoms with Gasteiger partial charge in [-0.25, -0.2) is 9.97 Å². The van der Waals surface area contributed by atoms with Crippen molar-refractivity contribution in [1.82, 2.24) is 20.0 Å². The number of likely N-dealkylation sites (N-methyl/N-ethyl adjacent to an activating group) is 1. The van der Waals surface area contributed by atoms with E-state index in [1.807, 2.05) is 42.5 Å². The lowest BCUT2D eigenvalue weighted by atomic mass is 9.93. The first kappa shape index (κ1) is 27.1. The summed E-state index contributed by atoms with van der Waals surface area (Å²) in [5.41, 5.74) is 10.5. The third-order valence-corrected chi connectivity index (χ3v) is 7.14. The molecule has 2 aromatic carbocycles. The van der Waals surface area contributed by atoms with Gasteiger partial charge in [0.15, 0.2) is 5.82 Å². The molecule has 0 aliphatic carbocycles. The molecule has 0 atom stereocenters. The van der Waals surface area contributed by atoms with Crippen LogP contribution < -0.4 is 21.3 Å². The van der Waals surface area contributed by atoms with E-state index in [4.69, 9.17) is 15.7 Å². The monoisotopic (exact) mass is 539 g/mol. The highest BCUT2D eigenvalue weighted by molar-refractivity contribution is 6.16. The van der Waals surface area contributed by atoms with Crippen molar-refractivity contribution in [3.05, 3.63) is 77.8 Å². The number of hydrogen-bond donors (Lipinski definition) is 4. The maximum absolute atomic E-state index is 8.94. The van der Waals surface area contributed by atoms with Crippen LogP contribution >= 0.6 is 0 Å². The number of aromatic nitrogens is 3. The van der Waals surface area contributed by atoms with Crippen molar-refractivity contribution in [3.63, 3.8) is 0 Å². The molecule has 1 aliphatic rings. The molecule has 208 valence electrons. The Bertz CT molecular complexity index is 1450. The summed E-state index contributed by atoms with van der Waals surface area (Å²) in [5.74, 6) is 2.19. The molecule has 3 heterocycles. The molecule has 10 heteroatoms. The second-order valence-corrected chi connectivity index (χ2v) is 11.0. The van der Waals surface area contributed by atoms with E-state index in [0.29, 0.717) is 17.2 Å². The SMILES string of the molecule is CCN1CCN(c2ccc(C(=N)c3c(N)ncnc3Nc3ccc(Nc4cc(C(C)(C)C)on4)cc3)cc2)CC1. The van der Waals surface area contributed by atoms with Gasteiger partial charge >= 0.3 is 0 Å². The highest BCUT2D eigenvalue weighted by Gasteiger charge is 2.21. The van der Waals surface area contributed by atoms with Gasteiger partial charge in [0.25, 0.3) is 0 Å². The van der Waals surface area contributed by atoms with Crippen LogP contribution in [0.4, 0.5) is 34.5 Å². The summed E-state index contributed by atoms with van der Waals surface area (Å²) in [6.07, 6.45) is 1.40. The van der Waals surface area contributed by atoms with Gasteiger partial charge < -0.3 is 30.7 Å². The minimum Gasteiger partial charge on any atom is -0.383 e. The highest BCUT2D eigenvalue weighted by Crippen LogP contribution is 2.29. The van der Waals surface area contributed by atoms with E-state index in [9.17, 15) is 0 Å². The van der Waals surface area contributed by atoms with Gasteiger partial charge in [0.2, 0.25) is 0 Å². The van der Waals surface area contributed by atoms with E-state index in [1.165, 1.54) is 6.33 Å². The average molecular weight is 540 g/mol. The molecule has 1 aliphatic heterocycles. The summed E-state index contributed by atoms with van der Waals surface area (Å²) < 4.78 is 5.46. The Balaban J connectivity index is 1.28. The molecule has 40 heavy (non-hydrogen) atoms. The normalized spacial score (nSPS) is 14.2. The van der Waals surface area contributed by atoms with Crippen LogP contribution in [0.15, 0.2) is 65.4 Å². The fourth-order valence-electron chi connectivity index (χ4n) is 4.66. The van der Waals surface area contributed by atoms with Gasteiger partial charge in [0, 0.05) is 60.3 Å². The van der Waals surface area contributed by atoms with Crippen LogP contribution in [0.1, 0.15) is 44.6 Å². The summed E-state index contributed by atoms with van der Waals surface area (Å²) in [7, 11) is 0. The van der Waals surface area contributed by atoms with E-state index in [0.717, 1.165) is 61.1 Å². The van der Waals surface area contributed by atoms with E-state index in [-0.39, 0.29) is 16.9 Å². The van der Waals surface area contributed by atoms with Crippen molar-refractivity contribution in [2.45, 2.75) is 33.1 Å². The predicted molar refractivity (Wildman–Crippen MR) is 161 cm³/mol. The standard InChI is InChI=1S/C30H37N9O/c1-5-38-14-16-39(17-15-38)23-12-6-20(7-13-23)27(31)26-28(32)33-19-34-29(26)36-22-10-8-21(9-11-22)35-25-18-24(40-37-25)30(2,3)4/h6-13,18-19,31H,5,14-17H2,1-4H3,(H,35,37)(H3,32,33,34,36). The van der Waals surface area contributed by atoms with Gasteiger partial charge in [0.05, 0.1) is 11.3 Å². The van der Waals surface area contributed by atoms with Crippen LogP contribution in [0, 0.1) is 5.41 Å². The lowest BCUT2D eigenvalue weighted by molar-refractivity contribution is 0.271. The fourth-order valence-corrected chi connectivity index (χ4v) is 4.66. The number of benzene rings is 2. The first-order valence-electron chi connectivity index (χ1n) is 13.6. The zero-order valence-corrected chi connectivity index (χ0v) is 23.5. The van der Waals surface area contributed by atoms with E-state index >= 15 is 0 Å². The summed E-state index contributed by atoms with van der Waals surface area (Å²) in [5, 5.41) is 19.6. The number of nitrogen functional groups attached to an aromatic ring is 1. The Morgan fingerprint density at radius 1 is 0.950 bits per heavy atom. The van der Waals surface area contributed by atoms with Gasteiger partial charge in [0.1, 0.15) is 23.7 Å². The van der Waals surface area contributed by atoms with E-state index < -0.39 is 0 Å². The molecule has 0 unspecified atom stereocenters. The molecule has 0 spiro atoms. The quantitative estimate of drug-likeness (QED) is 0.218. The number of hydrogen-bond acceptors (Lipinski definition) is 10. The zero-order valence-electron chi connectivity index (χ0n) is 23.5. The molecule has 2 aromatic heterocycles. The molecule has 4 aromatic rings. The molecule has 1 saturated heterocycles. The Morgan fingerprint density at radius 3 is 2.20 bits per heavy atom. The molecular formula is C30H37N9O. The Labute approximate surface area is 235 Å². The molecule has 0 radical (unpaired) electrons. The minimum absolute atomic E-state index is 0.113. The second kappa shape index (κ2) is 11.4. The first-order chi connectivity index (χ1) is 19.2. The van der Waals surface area contributed by atoms with Crippen LogP contribution in [0.2, 0.25) is 0 Å². The molecule has 5 N–H and O–H groups in total. The maximum Gasteiger partial charge on any atom is 0.174 e. The molecule has 10 nitrogen and oxygen atoms in total. The molecule has 0 saturated carbocycles. The number of nitrogens with zero attached hydrogens (tertiary/aromatic N) is 5. The first-order valence-corrected chi connectivity index (χ1v) is 13.6. The average Bonchev–Trinajstić information content (AvgIpc) is 3.43. The van der Waals surface area contributed by atoms with Crippen molar-refractivity contribution in [2.75, 3.05) is 54.0 Å². The van der Waals surface area contributed by atoms with Gasteiger partial charge in [-0.15, -0.1) is 0 Å². The van der Waals surface area contributed by atoms with Crippen LogP contribution in [-0.4, -0.2) is 58.5 Å².